The lowest BCUT2D eigenvalue weighted by Gasteiger charge is -2.18. The van der Waals surface area contributed by atoms with Crippen LogP contribution in [0.3, 0.4) is 0 Å². The van der Waals surface area contributed by atoms with Gasteiger partial charge in [-0.2, -0.15) is 0 Å². The third kappa shape index (κ3) is 51.2. The molecular weight excluding hydrogens is 805 g/mol. The number of carbonyl (C=O) groups is 3. The first kappa shape index (κ1) is 61.3. The van der Waals surface area contributed by atoms with E-state index in [1.54, 1.807) is 0 Å². The molecule has 0 saturated heterocycles. The van der Waals surface area contributed by atoms with E-state index in [2.05, 4.69) is 118 Å². The Bertz CT molecular complexity index is 1310. The summed E-state index contributed by atoms with van der Waals surface area (Å²) in [5.41, 5.74) is 0. The number of esters is 3. The van der Waals surface area contributed by atoms with Gasteiger partial charge in [-0.15, -0.1) is 0 Å². The van der Waals surface area contributed by atoms with Gasteiger partial charge in [0.1, 0.15) is 13.2 Å². The van der Waals surface area contributed by atoms with Crippen LogP contribution in [0, 0.1) is 0 Å². The Labute approximate surface area is 400 Å². The molecule has 0 bridgehead atoms. The molecule has 0 unspecified atom stereocenters. The monoisotopic (exact) mass is 903 g/mol. The van der Waals surface area contributed by atoms with Crippen LogP contribution in [0.2, 0.25) is 0 Å². The molecule has 0 amide bonds. The number of rotatable bonds is 47. The van der Waals surface area contributed by atoms with Crippen LogP contribution in [0.5, 0.6) is 0 Å². The van der Waals surface area contributed by atoms with Crippen LogP contribution < -0.4 is 0 Å². The fourth-order valence-corrected chi connectivity index (χ4v) is 7.03. The molecule has 0 N–H and O–H groups in total. The number of unbranched alkanes of at least 4 members (excludes halogenated alkanes) is 20. The van der Waals surface area contributed by atoms with E-state index in [1.807, 2.05) is 0 Å². The van der Waals surface area contributed by atoms with Gasteiger partial charge in [0.05, 0.1) is 0 Å². The predicted molar refractivity (Wildman–Crippen MR) is 279 cm³/mol. The van der Waals surface area contributed by atoms with Gasteiger partial charge in [-0.3, -0.25) is 14.4 Å². The topological polar surface area (TPSA) is 78.9 Å². The highest BCUT2D eigenvalue weighted by molar-refractivity contribution is 5.71. The second-order valence-corrected chi connectivity index (χ2v) is 17.4. The molecule has 1 atom stereocenters. The highest BCUT2D eigenvalue weighted by atomic mass is 16.6. The molecule has 0 aromatic heterocycles. The average molecular weight is 903 g/mol. The Morgan fingerprint density at radius 2 is 0.615 bits per heavy atom. The average Bonchev–Trinajstić information content (AvgIpc) is 3.30. The first-order valence-electron chi connectivity index (χ1n) is 26.7. The number of hydrogen-bond acceptors (Lipinski definition) is 6. The van der Waals surface area contributed by atoms with E-state index in [9.17, 15) is 14.4 Å². The van der Waals surface area contributed by atoms with Gasteiger partial charge in [-0.05, 0) is 116 Å². The Kier molecular flexibility index (Phi) is 50.0. The number of allylic oxidation sites excluding steroid dienone is 16. The van der Waals surface area contributed by atoms with E-state index in [4.69, 9.17) is 14.2 Å². The summed E-state index contributed by atoms with van der Waals surface area (Å²) in [4.78, 5) is 38.0. The Morgan fingerprint density at radius 3 is 1.02 bits per heavy atom. The van der Waals surface area contributed by atoms with Crippen molar-refractivity contribution < 1.29 is 28.6 Å². The summed E-state index contributed by atoms with van der Waals surface area (Å²) in [5.74, 6) is -0.996. The molecule has 6 heteroatoms. The largest absolute Gasteiger partial charge is 0.462 e. The second kappa shape index (κ2) is 52.9. The van der Waals surface area contributed by atoms with Gasteiger partial charge in [0, 0.05) is 19.3 Å². The standard InChI is InChI=1S/C59H98O6/c1-4-7-10-13-16-19-22-25-28-29-32-35-38-41-44-47-50-53-59(62)65-56(54-63-57(60)51-48-45-42-39-36-33-30-26-23-20-17-14-11-8-5-2)55-64-58(61)52-49-46-43-40-37-34-31-27-24-21-18-15-12-9-6-3/h8,11,17-18,20-21,25-28,30-32,35,41,44,56H,4-7,9-10,12-16,19,22-24,29,33-34,36-40,42-43,45-55H2,1-3H3/b11-8-,20-17-,21-18-,28-25-,30-26-,31-27-,35-32-,44-41-/t56-/m1/s1. The summed E-state index contributed by atoms with van der Waals surface area (Å²) in [6.45, 7) is 6.42. The molecule has 0 aliphatic heterocycles. The predicted octanol–water partition coefficient (Wildman–Crippen LogP) is 17.8. The van der Waals surface area contributed by atoms with E-state index in [0.717, 1.165) is 122 Å². The van der Waals surface area contributed by atoms with Crippen molar-refractivity contribution in [2.45, 2.75) is 245 Å². The Hall–Kier alpha value is -3.67. The number of carbonyl (C=O) groups excluding carboxylic acids is 3. The molecule has 0 aliphatic carbocycles. The molecule has 0 rings (SSSR count). The van der Waals surface area contributed by atoms with Crippen molar-refractivity contribution in [1.29, 1.82) is 0 Å². The van der Waals surface area contributed by atoms with Crippen LogP contribution >= 0.6 is 0 Å². The molecule has 0 fully saturated rings. The summed E-state index contributed by atoms with van der Waals surface area (Å²) in [5, 5.41) is 0. The maximum absolute atomic E-state index is 12.8. The van der Waals surface area contributed by atoms with Crippen molar-refractivity contribution in [2.75, 3.05) is 13.2 Å². The quantitative estimate of drug-likeness (QED) is 0.0262. The maximum atomic E-state index is 12.8. The van der Waals surface area contributed by atoms with E-state index in [0.29, 0.717) is 19.3 Å². The summed E-state index contributed by atoms with van der Waals surface area (Å²) >= 11 is 0. The van der Waals surface area contributed by atoms with Crippen molar-refractivity contribution in [3.05, 3.63) is 97.2 Å². The maximum Gasteiger partial charge on any atom is 0.306 e. The van der Waals surface area contributed by atoms with Crippen LogP contribution in [0.15, 0.2) is 97.2 Å². The summed E-state index contributed by atoms with van der Waals surface area (Å²) in [6, 6.07) is 0. The van der Waals surface area contributed by atoms with Crippen LogP contribution in [0.4, 0.5) is 0 Å². The van der Waals surface area contributed by atoms with Crippen LogP contribution in [0.1, 0.15) is 239 Å². The fraction of sp³-hybridized carbons (Fsp3) is 0.678. The molecule has 6 nitrogen and oxygen atoms in total. The van der Waals surface area contributed by atoms with Crippen molar-refractivity contribution in [1.82, 2.24) is 0 Å². The minimum absolute atomic E-state index is 0.111. The molecule has 0 saturated carbocycles. The lowest BCUT2D eigenvalue weighted by Crippen LogP contribution is -2.30. The van der Waals surface area contributed by atoms with Crippen LogP contribution in [-0.4, -0.2) is 37.2 Å². The molecule has 0 spiro atoms. The molecule has 0 aliphatic rings. The van der Waals surface area contributed by atoms with Gasteiger partial charge in [-0.25, -0.2) is 0 Å². The molecule has 65 heavy (non-hydrogen) atoms. The summed E-state index contributed by atoms with van der Waals surface area (Å²) < 4.78 is 16.7. The zero-order valence-electron chi connectivity index (χ0n) is 42.2. The highest BCUT2D eigenvalue weighted by Crippen LogP contribution is 2.13. The smallest absolute Gasteiger partial charge is 0.306 e. The number of ether oxygens (including phenoxy) is 3. The molecular formula is C59H98O6. The first-order valence-corrected chi connectivity index (χ1v) is 26.7. The van der Waals surface area contributed by atoms with Crippen molar-refractivity contribution in [3.63, 3.8) is 0 Å². The van der Waals surface area contributed by atoms with Crippen LogP contribution in [-0.2, 0) is 28.6 Å². The third-order valence-electron chi connectivity index (χ3n) is 11.0. The third-order valence-corrected chi connectivity index (χ3v) is 11.0. The Balaban J connectivity index is 4.53. The SMILES string of the molecule is CC/C=C\C/C=C\C/C=C\CCCCCCCC(=O)OC[C@H](COC(=O)CCCCCCC/C=C\C/C=C\CCCCC)OC(=O)CCC/C=C\C/C=C\C/C=C\CCCCCCCC. The molecule has 0 aromatic carbocycles. The van der Waals surface area contributed by atoms with Crippen LogP contribution in [0.25, 0.3) is 0 Å². The number of hydrogen-bond donors (Lipinski definition) is 0. The lowest BCUT2D eigenvalue weighted by atomic mass is 10.1. The minimum Gasteiger partial charge on any atom is -0.462 e. The van der Waals surface area contributed by atoms with E-state index >= 15 is 0 Å². The van der Waals surface area contributed by atoms with Crippen molar-refractivity contribution in [3.8, 4) is 0 Å². The van der Waals surface area contributed by atoms with Gasteiger partial charge in [-0.1, -0.05) is 201 Å². The van der Waals surface area contributed by atoms with Gasteiger partial charge >= 0.3 is 17.9 Å². The normalized spacial score (nSPS) is 12.8. The van der Waals surface area contributed by atoms with Gasteiger partial charge in [0.2, 0.25) is 0 Å². The second-order valence-electron chi connectivity index (χ2n) is 17.4. The minimum atomic E-state index is -0.818. The molecule has 0 aromatic rings. The van der Waals surface area contributed by atoms with Crippen molar-refractivity contribution in [2.24, 2.45) is 0 Å². The van der Waals surface area contributed by atoms with Crippen molar-refractivity contribution >= 4 is 17.9 Å². The van der Waals surface area contributed by atoms with E-state index < -0.39 is 6.10 Å². The highest BCUT2D eigenvalue weighted by Gasteiger charge is 2.19. The summed E-state index contributed by atoms with van der Waals surface area (Å²) in [6.07, 6.45) is 69.6. The van der Waals surface area contributed by atoms with Gasteiger partial charge in [0.15, 0.2) is 6.10 Å². The first-order chi connectivity index (χ1) is 32.0. The molecule has 0 heterocycles. The molecule has 370 valence electrons. The van der Waals surface area contributed by atoms with Gasteiger partial charge < -0.3 is 14.2 Å². The van der Waals surface area contributed by atoms with E-state index in [1.165, 1.54) is 70.6 Å². The molecule has 0 radical (unpaired) electrons. The van der Waals surface area contributed by atoms with E-state index in [-0.39, 0.29) is 37.5 Å². The Morgan fingerprint density at radius 1 is 0.323 bits per heavy atom. The zero-order chi connectivity index (χ0) is 47.2. The summed E-state index contributed by atoms with van der Waals surface area (Å²) in [7, 11) is 0. The van der Waals surface area contributed by atoms with Gasteiger partial charge in [0.25, 0.3) is 0 Å². The lowest BCUT2D eigenvalue weighted by molar-refractivity contribution is -0.167. The zero-order valence-corrected chi connectivity index (χ0v) is 42.2. The fourth-order valence-electron chi connectivity index (χ4n) is 7.03.